The first-order valence-corrected chi connectivity index (χ1v) is 25.9. The number of phosphoric acid groups is 1. The van der Waals surface area contributed by atoms with E-state index < -0.39 is 26.5 Å². The molecule has 0 aliphatic carbocycles. The van der Waals surface area contributed by atoms with Crippen molar-refractivity contribution in [1.29, 1.82) is 0 Å². The van der Waals surface area contributed by atoms with Crippen LogP contribution in [0.15, 0.2) is 12.2 Å². The molecule has 0 heterocycles. The molecule has 344 valence electrons. The average Bonchev–Trinajstić information content (AvgIpc) is 3.17. The van der Waals surface area contributed by atoms with Crippen molar-refractivity contribution < 1.29 is 42.1 Å². The van der Waals surface area contributed by atoms with Crippen molar-refractivity contribution in [3.8, 4) is 0 Å². The van der Waals surface area contributed by atoms with Crippen LogP contribution in [0.25, 0.3) is 0 Å². The number of nitrogens with zero attached hydrogens (tertiary/aromatic N) is 1. The second-order valence-electron chi connectivity index (χ2n) is 17.8. The van der Waals surface area contributed by atoms with E-state index in [4.69, 9.17) is 18.5 Å². The summed E-state index contributed by atoms with van der Waals surface area (Å²) in [7, 11) is 1.17. The number of unbranched alkanes of at least 4 members (excludes halogenated alkanes) is 29. The van der Waals surface area contributed by atoms with Gasteiger partial charge in [-0.3, -0.25) is 14.2 Å². The molecular formula is C48H94NO8P. The van der Waals surface area contributed by atoms with E-state index in [1.807, 2.05) is 21.1 Å². The van der Waals surface area contributed by atoms with Gasteiger partial charge in [0.05, 0.1) is 27.7 Å². The van der Waals surface area contributed by atoms with E-state index in [2.05, 4.69) is 26.0 Å². The van der Waals surface area contributed by atoms with Crippen molar-refractivity contribution >= 4 is 19.8 Å². The van der Waals surface area contributed by atoms with Gasteiger partial charge in [-0.25, -0.2) is 0 Å². The van der Waals surface area contributed by atoms with Gasteiger partial charge in [0.2, 0.25) is 0 Å². The van der Waals surface area contributed by atoms with E-state index in [1.54, 1.807) is 0 Å². The summed E-state index contributed by atoms with van der Waals surface area (Å²) in [6.45, 7) is 4.26. The number of carbonyl (C=O) groups is 2. The molecule has 9 nitrogen and oxygen atoms in total. The maximum atomic E-state index is 12.7. The number of phosphoric ester groups is 1. The van der Waals surface area contributed by atoms with Crippen LogP contribution in [0.1, 0.15) is 232 Å². The summed E-state index contributed by atoms with van der Waals surface area (Å²) in [4.78, 5) is 37.6. The van der Waals surface area contributed by atoms with Crippen molar-refractivity contribution in [1.82, 2.24) is 0 Å². The third kappa shape index (κ3) is 44.3. The lowest BCUT2D eigenvalue weighted by Gasteiger charge is -2.28. The van der Waals surface area contributed by atoms with E-state index in [-0.39, 0.29) is 32.0 Å². The Morgan fingerprint density at radius 2 is 0.879 bits per heavy atom. The number of hydrogen-bond donors (Lipinski definition) is 0. The minimum atomic E-state index is -4.62. The molecule has 0 aliphatic rings. The van der Waals surface area contributed by atoms with Crippen LogP contribution in [0.5, 0.6) is 0 Å². The van der Waals surface area contributed by atoms with Gasteiger partial charge in [0, 0.05) is 12.8 Å². The Labute approximate surface area is 358 Å². The fourth-order valence-corrected chi connectivity index (χ4v) is 7.67. The monoisotopic (exact) mass is 844 g/mol. The molecule has 2 unspecified atom stereocenters. The topological polar surface area (TPSA) is 111 Å². The molecule has 0 spiro atoms. The van der Waals surface area contributed by atoms with Gasteiger partial charge in [-0.1, -0.05) is 193 Å². The van der Waals surface area contributed by atoms with Gasteiger partial charge in [-0.05, 0) is 38.5 Å². The lowest BCUT2D eigenvalue weighted by atomic mass is 10.0. The number of rotatable bonds is 45. The zero-order chi connectivity index (χ0) is 42.8. The largest absolute Gasteiger partial charge is 0.756 e. The molecule has 0 radical (unpaired) electrons. The number of allylic oxidation sites excluding steroid dienone is 2. The lowest BCUT2D eigenvalue weighted by molar-refractivity contribution is -0.870. The molecule has 0 N–H and O–H groups in total. The molecule has 2 atom stereocenters. The summed E-state index contributed by atoms with van der Waals surface area (Å²) < 4.78 is 34.0. The van der Waals surface area contributed by atoms with E-state index >= 15 is 0 Å². The fourth-order valence-electron chi connectivity index (χ4n) is 6.95. The molecule has 0 aromatic rings. The highest BCUT2D eigenvalue weighted by Crippen LogP contribution is 2.38. The summed E-state index contributed by atoms with van der Waals surface area (Å²) in [5.74, 6) is -0.826. The van der Waals surface area contributed by atoms with Crippen LogP contribution in [0.2, 0.25) is 0 Å². The van der Waals surface area contributed by atoms with Crippen molar-refractivity contribution in [3.05, 3.63) is 12.2 Å². The molecule has 58 heavy (non-hydrogen) atoms. The Morgan fingerprint density at radius 1 is 0.517 bits per heavy atom. The Balaban J connectivity index is 4.27. The van der Waals surface area contributed by atoms with Crippen LogP contribution in [-0.4, -0.2) is 70.0 Å². The van der Waals surface area contributed by atoms with Gasteiger partial charge >= 0.3 is 11.9 Å². The Bertz CT molecular complexity index is 1000. The Kier molecular flexibility index (Phi) is 40.2. The highest BCUT2D eigenvalue weighted by atomic mass is 31.2. The molecule has 0 aliphatic heterocycles. The first kappa shape index (κ1) is 56.8. The van der Waals surface area contributed by atoms with Crippen molar-refractivity contribution in [2.75, 3.05) is 47.5 Å². The number of hydrogen-bond acceptors (Lipinski definition) is 8. The van der Waals surface area contributed by atoms with Gasteiger partial charge < -0.3 is 27.9 Å². The van der Waals surface area contributed by atoms with Crippen LogP contribution >= 0.6 is 7.82 Å². The van der Waals surface area contributed by atoms with E-state index in [0.717, 1.165) is 44.9 Å². The van der Waals surface area contributed by atoms with Gasteiger partial charge in [-0.2, -0.15) is 0 Å². The van der Waals surface area contributed by atoms with Gasteiger partial charge in [0.1, 0.15) is 19.8 Å². The maximum absolute atomic E-state index is 12.7. The van der Waals surface area contributed by atoms with Crippen LogP contribution < -0.4 is 4.89 Å². The molecule has 0 aromatic carbocycles. The van der Waals surface area contributed by atoms with Crippen LogP contribution in [0.3, 0.4) is 0 Å². The van der Waals surface area contributed by atoms with Crippen molar-refractivity contribution in [2.45, 2.75) is 238 Å². The molecule has 0 saturated carbocycles. The molecule has 0 rings (SSSR count). The molecule has 10 heteroatoms. The van der Waals surface area contributed by atoms with Crippen molar-refractivity contribution in [3.63, 3.8) is 0 Å². The van der Waals surface area contributed by atoms with Crippen LogP contribution in [-0.2, 0) is 32.7 Å². The molecular weight excluding hydrogens is 750 g/mol. The SMILES string of the molecule is CCCCCCCC/C=C\CCCCCCCCCC(=O)OC(COC(=O)CCCCCCCCCCCCCCCCCCC)COP(=O)([O-])OCC[N+](C)(C)C. The quantitative estimate of drug-likeness (QED) is 0.0196. The second kappa shape index (κ2) is 41.1. The van der Waals surface area contributed by atoms with E-state index in [0.29, 0.717) is 17.4 Å². The number of esters is 2. The van der Waals surface area contributed by atoms with Gasteiger partial charge in [0.25, 0.3) is 7.82 Å². The summed E-state index contributed by atoms with van der Waals surface area (Å²) >= 11 is 0. The summed E-state index contributed by atoms with van der Waals surface area (Å²) in [5, 5.41) is 0. The average molecular weight is 844 g/mol. The van der Waals surface area contributed by atoms with Crippen molar-refractivity contribution in [2.24, 2.45) is 0 Å². The van der Waals surface area contributed by atoms with E-state index in [1.165, 1.54) is 154 Å². The predicted octanol–water partition coefficient (Wildman–Crippen LogP) is 13.5. The first-order chi connectivity index (χ1) is 28.0. The fraction of sp³-hybridized carbons (Fsp3) is 0.917. The normalized spacial score (nSPS) is 13.6. The predicted molar refractivity (Wildman–Crippen MR) is 241 cm³/mol. The zero-order valence-electron chi connectivity index (χ0n) is 38.8. The summed E-state index contributed by atoms with van der Waals surface area (Å²) in [6.07, 6.45) is 43.7. The molecule has 0 bridgehead atoms. The first-order valence-electron chi connectivity index (χ1n) is 24.4. The minimum Gasteiger partial charge on any atom is -0.756 e. The summed E-state index contributed by atoms with van der Waals surface area (Å²) in [5.41, 5.74) is 0. The second-order valence-corrected chi connectivity index (χ2v) is 19.2. The molecule has 0 saturated heterocycles. The standard InChI is InChI=1S/C48H94NO8P/c1-6-8-10-12-14-16-18-20-22-24-26-28-30-32-34-36-38-40-47(50)54-44-46(45-56-58(52,53)55-43-42-49(3,4)5)57-48(51)41-39-37-35-33-31-29-27-25-23-21-19-17-15-13-11-9-7-2/h21,23,46H,6-20,22,24-45H2,1-5H3/b23-21-. The number of carbonyl (C=O) groups excluding carboxylic acids is 2. The molecule has 0 fully saturated rings. The highest BCUT2D eigenvalue weighted by Gasteiger charge is 2.21. The van der Waals surface area contributed by atoms with Crippen LogP contribution in [0.4, 0.5) is 0 Å². The maximum Gasteiger partial charge on any atom is 0.306 e. The van der Waals surface area contributed by atoms with E-state index in [9.17, 15) is 19.0 Å². The minimum absolute atomic E-state index is 0.0283. The Hall–Kier alpha value is -1.25. The molecule has 0 aromatic heterocycles. The molecule has 0 amide bonds. The van der Waals surface area contributed by atoms with Gasteiger partial charge in [0.15, 0.2) is 6.10 Å². The highest BCUT2D eigenvalue weighted by molar-refractivity contribution is 7.45. The number of ether oxygens (including phenoxy) is 2. The van der Waals surface area contributed by atoms with Gasteiger partial charge in [-0.15, -0.1) is 0 Å². The summed E-state index contributed by atoms with van der Waals surface area (Å²) in [6, 6.07) is 0. The number of quaternary nitrogens is 1. The zero-order valence-corrected chi connectivity index (χ0v) is 39.7. The smallest absolute Gasteiger partial charge is 0.306 e. The lowest BCUT2D eigenvalue weighted by Crippen LogP contribution is -2.37. The van der Waals surface area contributed by atoms with Crippen LogP contribution in [0, 0.1) is 0 Å². The number of likely N-dealkylation sites (N-methyl/N-ethyl adjacent to an activating group) is 1. The third-order valence-electron chi connectivity index (χ3n) is 10.8. The Morgan fingerprint density at radius 3 is 1.28 bits per heavy atom. The third-order valence-corrected chi connectivity index (χ3v) is 11.7.